The second-order valence-electron chi connectivity index (χ2n) is 7.78. The number of fused-ring (bicyclic) bond motifs is 1. The second-order valence-corrected chi connectivity index (χ2v) is 9.00. The van der Waals surface area contributed by atoms with Crippen molar-refractivity contribution in [2.24, 2.45) is 11.1 Å². The predicted molar refractivity (Wildman–Crippen MR) is 112 cm³/mol. The summed E-state index contributed by atoms with van der Waals surface area (Å²) in [6.07, 6.45) is 3.21. The van der Waals surface area contributed by atoms with Crippen LogP contribution in [0, 0.1) is 5.92 Å². The summed E-state index contributed by atoms with van der Waals surface area (Å²) in [4.78, 5) is 13.2. The van der Waals surface area contributed by atoms with Crippen molar-refractivity contribution in [1.82, 2.24) is 19.5 Å². The van der Waals surface area contributed by atoms with Crippen LogP contribution < -0.4 is 5.14 Å². The Labute approximate surface area is 180 Å². The largest absolute Gasteiger partial charge is 0.390 e. The Morgan fingerprint density at radius 1 is 1.10 bits per heavy atom. The first-order valence-electron chi connectivity index (χ1n) is 10.1. The zero-order valence-electron chi connectivity index (χ0n) is 16.8. The highest BCUT2D eigenvalue weighted by Crippen LogP contribution is 2.38. The summed E-state index contributed by atoms with van der Waals surface area (Å²) in [7, 11) is -4.04. The van der Waals surface area contributed by atoms with Crippen LogP contribution in [0.4, 0.5) is 0 Å². The Bertz CT molecular complexity index is 1140. The number of nitrogens with two attached hydrogens (primary N) is 1. The molecule has 166 valence electrons. The molecule has 1 aliphatic carbocycles. The summed E-state index contributed by atoms with van der Waals surface area (Å²) < 4.78 is 28.2. The number of aryl methyl sites for hydroxylation is 2. The molecule has 0 aliphatic heterocycles. The van der Waals surface area contributed by atoms with Crippen LogP contribution in [0.25, 0.3) is 11.2 Å². The maximum atomic E-state index is 10.9. The molecule has 2 heterocycles. The third-order valence-electron chi connectivity index (χ3n) is 5.79. The summed E-state index contributed by atoms with van der Waals surface area (Å²) in [6, 6.07) is 9.65. The zero-order chi connectivity index (χ0) is 22.0. The van der Waals surface area contributed by atoms with Gasteiger partial charge in [-0.3, -0.25) is 4.18 Å². The highest BCUT2D eigenvalue weighted by atomic mass is 32.2. The Kier molecular flexibility index (Phi) is 6.30. The van der Waals surface area contributed by atoms with Gasteiger partial charge in [-0.15, -0.1) is 0 Å². The SMILES string of the molecule is NS(=O)(=O)OCC[C@H]1C[C@@H](n2cnc3c(CCc4ccccc4)ncnc32)[C@H](O)[C@@H]1O. The first-order chi connectivity index (χ1) is 14.8. The smallest absolute Gasteiger partial charge is 0.333 e. The molecule has 0 radical (unpaired) electrons. The Morgan fingerprint density at radius 3 is 2.61 bits per heavy atom. The fourth-order valence-corrected chi connectivity index (χ4v) is 4.54. The van der Waals surface area contributed by atoms with Gasteiger partial charge in [0.15, 0.2) is 5.65 Å². The molecule has 1 saturated carbocycles. The van der Waals surface area contributed by atoms with Gasteiger partial charge in [-0.1, -0.05) is 30.3 Å². The highest BCUT2D eigenvalue weighted by molar-refractivity contribution is 7.84. The molecular formula is C20H25N5O5S. The van der Waals surface area contributed by atoms with Crippen LogP contribution in [0.1, 0.15) is 30.1 Å². The summed E-state index contributed by atoms with van der Waals surface area (Å²) >= 11 is 0. The molecule has 0 bridgehead atoms. The molecule has 2 aromatic heterocycles. The molecule has 1 fully saturated rings. The van der Waals surface area contributed by atoms with Gasteiger partial charge in [0.25, 0.3) is 0 Å². The maximum absolute atomic E-state index is 10.9. The zero-order valence-corrected chi connectivity index (χ0v) is 17.6. The number of hydrogen-bond acceptors (Lipinski definition) is 8. The monoisotopic (exact) mass is 447 g/mol. The third-order valence-corrected chi connectivity index (χ3v) is 6.29. The van der Waals surface area contributed by atoms with Crippen LogP contribution in [0.3, 0.4) is 0 Å². The molecule has 0 spiro atoms. The van der Waals surface area contributed by atoms with Gasteiger partial charge in [-0.2, -0.15) is 8.42 Å². The van der Waals surface area contributed by atoms with Gasteiger partial charge in [0.05, 0.1) is 30.8 Å². The van der Waals surface area contributed by atoms with Gasteiger partial charge in [-0.05, 0) is 37.2 Å². The van der Waals surface area contributed by atoms with Crippen molar-refractivity contribution < 1.29 is 22.8 Å². The minimum atomic E-state index is -4.04. The minimum Gasteiger partial charge on any atom is -0.390 e. The second kappa shape index (κ2) is 8.97. The van der Waals surface area contributed by atoms with E-state index in [4.69, 9.17) is 5.14 Å². The number of rotatable bonds is 8. The standard InChI is InChI=1S/C20H25N5O5S/c21-31(28,29)30-9-8-14-10-16(19(27)18(14)26)25-12-24-17-15(22-11-23-20(17)25)7-6-13-4-2-1-3-5-13/h1-5,11-12,14,16,18-19,26-27H,6-10H2,(H2,21,28,29)/t14-,16+,18+,19-/m0/s1. The Balaban J connectivity index is 1.50. The van der Waals surface area contributed by atoms with Gasteiger partial charge < -0.3 is 14.8 Å². The molecule has 4 N–H and O–H groups in total. The van der Waals surface area contributed by atoms with Gasteiger partial charge >= 0.3 is 10.3 Å². The van der Waals surface area contributed by atoms with Crippen molar-refractivity contribution in [1.29, 1.82) is 0 Å². The molecule has 3 aromatic rings. The molecule has 0 amide bonds. The summed E-state index contributed by atoms with van der Waals surface area (Å²) in [5, 5.41) is 25.9. The van der Waals surface area contributed by atoms with Crippen molar-refractivity contribution in [2.75, 3.05) is 6.61 Å². The van der Waals surface area contributed by atoms with Gasteiger partial charge in [0.2, 0.25) is 0 Å². The van der Waals surface area contributed by atoms with Crippen LogP contribution in [0.5, 0.6) is 0 Å². The molecular weight excluding hydrogens is 422 g/mol. The summed E-state index contributed by atoms with van der Waals surface area (Å²) in [6.45, 7) is -0.156. The number of aliphatic hydroxyl groups excluding tert-OH is 2. The maximum Gasteiger partial charge on any atom is 0.333 e. The highest BCUT2D eigenvalue weighted by Gasteiger charge is 2.42. The first-order valence-corrected chi connectivity index (χ1v) is 11.5. The number of aromatic nitrogens is 4. The van der Waals surface area contributed by atoms with Crippen LogP contribution >= 0.6 is 0 Å². The lowest BCUT2D eigenvalue weighted by molar-refractivity contribution is 0.00343. The van der Waals surface area contributed by atoms with Crippen LogP contribution in [-0.2, 0) is 27.3 Å². The van der Waals surface area contributed by atoms with E-state index < -0.39 is 28.6 Å². The molecule has 4 atom stereocenters. The molecule has 10 nitrogen and oxygen atoms in total. The molecule has 4 rings (SSSR count). The van der Waals surface area contributed by atoms with Crippen LogP contribution in [0.15, 0.2) is 43.0 Å². The number of hydrogen-bond donors (Lipinski definition) is 3. The lowest BCUT2D eigenvalue weighted by atomic mass is 10.0. The Morgan fingerprint density at radius 2 is 1.87 bits per heavy atom. The summed E-state index contributed by atoms with van der Waals surface area (Å²) in [5.41, 5.74) is 3.28. The van der Waals surface area contributed by atoms with E-state index in [1.807, 2.05) is 18.2 Å². The van der Waals surface area contributed by atoms with Crippen molar-refractivity contribution in [2.45, 2.75) is 43.9 Å². The molecule has 31 heavy (non-hydrogen) atoms. The molecule has 11 heteroatoms. The number of imidazole rings is 1. The Hall–Kier alpha value is -2.44. The number of aliphatic hydroxyl groups is 2. The van der Waals surface area contributed by atoms with E-state index in [2.05, 4.69) is 31.3 Å². The van der Waals surface area contributed by atoms with Crippen molar-refractivity contribution >= 4 is 21.5 Å². The molecule has 0 saturated heterocycles. The minimum absolute atomic E-state index is 0.156. The molecule has 1 aliphatic rings. The normalized spacial score (nSPS) is 24.1. The fraction of sp³-hybridized carbons (Fsp3) is 0.450. The van der Waals surface area contributed by atoms with Crippen molar-refractivity contribution in [3.05, 3.63) is 54.2 Å². The average Bonchev–Trinajstić information content (AvgIpc) is 3.29. The van der Waals surface area contributed by atoms with E-state index in [9.17, 15) is 18.6 Å². The number of nitrogens with zero attached hydrogens (tertiary/aromatic N) is 4. The van der Waals surface area contributed by atoms with Crippen LogP contribution in [-0.4, -0.2) is 57.0 Å². The quantitative estimate of drug-likeness (QED) is 0.451. The van der Waals surface area contributed by atoms with Gasteiger partial charge in [0, 0.05) is 0 Å². The van der Waals surface area contributed by atoms with E-state index in [1.54, 1.807) is 10.9 Å². The molecule has 0 unspecified atom stereocenters. The van der Waals surface area contributed by atoms with Gasteiger partial charge in [-0.25, -0.2) is 20.1 Å². The average molecular weight is 448 g/mol. The topological polar surface area (TPSA) is 153 Å². The lowest BCUT2D eigenvalue weighted by Crippen LogP contribution is -2.30. The van der Waals surface area contributed by atoms with E-state index in [0.29, 0.717) is 24.0 Å². The van der Waals surface area contributed by atoms with E-state index in [1.165, 1.54) is 11.9 Å². The van der Waals surface area contributed by atoms with E-state index >= 15 is 0 Å². The molecule has 1 aromatic carbocycles. The number of benzene rings is 1. The fourth-order valence-electron chi connectivity index (χ4n) is 4.21. The van der Waals surface area contributed by atoms with Crippen LogP contribution in [0.2, 0.25) is 0 Å². The van der Waals surface area contributed by atoms with Gasteiger partial charge in [0.1, 0.15) is 17.9 Å². The van der Waals surface area contributed by atoms with Crippen molar-refractivity contribution in [3.63, 3.8) is 0 Å². The predicted octanol–water partition coefficient (Wildman–Crippen LogP) is 0.504. The van der Waals surface area contributed by atoms with E-state index in [-0.39, 0.29) is 18.9 Å². The summed E-state index contributed by atoms with van der Waals surface area (Å²) in [5.74, 6) is -0.349. The first kappa shape index (κ1) is 21.8. The van der Waals surface area contributed by atoms with Crippen molar-refractivity contribution in [3.8, 4) is 0 Å². The lowest BCUT2D eigenvalue weighted by Gasteiger charge is -2.18. The van der Waals surface area contributed by atoms with E-state index in [0.717, 1.165) is 12.1 Å². The third kappa shape index (κ3) is 4.91.